The molecule has 1 aromatic rings. The molecule has 14 heavy (non-hydrogen) atoms. The molecule has 1 fully saturated rings. The highest BCUT2D eigenvalue weighted by molar-refractivity contribution is 5.90. The zero-order valence-corrected chi connectivity index (χ0v) is 7.94. The molecular formula is C9H14N4O. The number of carbonyl (C=O) groups excluding carboxylic acids is 1. The fourth-order valence-electron chi connectivity index (χ4n) is 1.73. The average Bonchev–Trinajstić information content (AvgIpc) is 2.75. The van der Waals surface area contributed by atoms with Crippen molar-refractivity contribution in [3.8, 4) is 0 Å². The van der Waals surface area contributed by atoms with Crippen LogP contribution in [0.5, 0.6) is 0 Å². The van der Waals surface area contributed by atoms with Crippen LogP contribution in [0.2, 0.25) is 0 Å². The standard InChI is InChI=1S/C9H14N4O/c10-9(14)8-2-4-13(12-8)6-7-1-3-11-5-7/h2,4,7,11H,1,3,5-6H2,(H2,10,14). The number of nitrogens with one attached hydrogen (secondary N) is 1. The summed E-state index contributed by atoms with van der Waals surface area (Å²) in [6.07, 6.45) is 2.98. The molecule has 2 heterocycles. The van der Waals surface area contributed by atoms with E-state index in [0.29, 0.717) is 11.6 Å². The van der Waals surface area contributed by atoms with Crippen molar-refractivity contribution >= 4 is 5.91 Å². The maximum Gasteiger partial charge on any atom is 0.269 e. The summed E-state index contributed by atoms with van der Waals surface area (Å²) >= 11 is 0. The van der Waals surface area contributed by atoms with E-state index in [4.69, 9.17) is 5.73 Å². The maximum atomic E-state index is 10.8. The molecule has 0 saturated carbocycles. The van der Waals surface area contributed by atoms with Crippen LogP contribution in [-0.4, -0.2) is 28.8 Å². The molecule has 2 rings (SSSR count). The Kier molecular flexibility index (Phi) is 2.49. The van der Waals surface area contributed by atoms with Crippen LogP contribution in [0.3, 0.4) is 0 Å². The number of rotatable bonds is 3. The molecule has 1 unspecified atom stereocenters. The Hall–Kier alpha value is -1.36. The summed E-state index contributed by atoms with van der Waals surface area (Å²) in [5.74, 6) is 0.156. The Morgan fingerprint density at radius 1 is 1.79 bits per heavy atom. The number of hydrogen-bond donors (Lipinski definition) is 2. The molecule has 76 valence electrons. The molecule has 0 aromatic carbocycles. The van der Waals surface area contributed by atoms with Crippen molar-refractivity contribution in [2.24, 2.45) is 11.7 Å². The fourth-order valence-corrected chi connectivity index (χ4v) is 1.73. The summed E-state index contributed by atoms with van der Waals surface area (Å²) in [7, 11) is 0. The summed E-state index contributed by atoms with van der Waals surface area (Å²) in [5.41, 5.74) is 5.45. The van der Waals surface area contributed by atoms with Gasteiger partial charge in [-0.1, -0.05) is 0 Å². The highest BCUT2D eigenvalue weighted by Gasteiger charge is 2.15. The van der Waals surface area contributed by atoms with Gasteiger partial charge in [-0.25, -0.2) is 0 Å². The SMILES string of the molecule is NC(=O)c1ccn(CC2CCNC2)n1. The van der Waals surface area contributed by atoms with E-state index < -0.39 is 5.91 Å². The van der Waals surface area contributed by atoms with Crippen molar-refractivity contribution in [1.29, 1.82) is 0 Å². The molecule has 1 atom stereocenters. The van der Waals surface area contributed by atoms with Gasteiger partial charge < -0.3 is 11.1 Å². The van der Waals surface area contributed by atoms with E-state index in [1.807, 2.05) is 0 Å². The van der Waals surface area contributed by atoms with Crippen molar-refractivity contribution in [1.82, 2.24) is 15.1 Å². The predicted molar refractivity (Wildman–Crippen MR) is 51.7 cm³/mol. The molecular weight excluding hydrogens is 180 g/mol. The number of nitrogens with two attached hydrogens (primary N) is 1. The van der Waals surface area contributed by atoms with Gasteiger partial charge in [0, 0.05) is 12.7 Å². The van der Waals surface area contributed by atoms with Crippen molar-refractivity contribution in [3.63, 3.8) is 0 Å². The zero-order valence-electron chi connectivity index (χ0n) is 7.94. The smallest absolute Gasteiger partial charge is 0.269 e. The van der Waals surface area contributed by atoms with Gasteiger partial charge in [0.15, 0.2) is 0 Å². The van der Waals surface area contributed by atoms with Crippen molar-refractivity contribution < 1.29 is 4.79 Å². The lowest BCUT2D eigenvalue weighted by Gasteiger charge is -2.07. The minimum atomic E-state index is -0.465. The normalized spacial score (nSPS) is 21.3. The van der Waals surface area contributed by atoms with E-state index in [1.54, 1.807) is 16.9 Å². The number of aromatic nitrogens is 2. The lowest BCUT2D eigenvalue weighted by Crippen LogP contribution is -2.16. The van der Waals surface area contributed by atoms with Gasteiger partial charge >= 0.3 is 0 Å². The van der Waals surface area contributed by atoms with Crippen LogP contribution in [0, 0.1) is 5.92 Å². The second kappa shape index (κ2) is 3.79. The Bertz CT molecular complexity index is 327. The summed E-state index contributed by atoms with van der Waals surface area (Å²) < 4.78 is 1.79. The third-order valence-corrected chi connectivity index (χ3v) is 2.50. The number of hydrogen-bond acceptors (Lipinski definition) is 3. The predicted octanol–water partition coefficient (Wildman–Crippen LogP) is -0.409. The van der Waals surface area contributed by atoms with Gasteiger partial charge in [0.25, 0.3) is 5.91 Å². The van der Waals surface area contributed by atoms with E-state index >= 15 is 0 Å². The summed E-state index contributed by atoms with van der Waals surface area (Å²) in [6.45, 7) is 2.97. The highest BCUT2D eigenvalue weighted by atomic mass is 16.1. The third-order valence-electron chi connectivity index (χ3n) is 2.50. The van der Waals surface area contributed by atoms with Crippen LogP contribution >= 0.6 is 0 Å². The van der Waals surface area contributed by atoms with Gasteiger partial charge in [-0.05, 0) is 31.5 Å². The van der Waals surface area contributed by atoms with Crippen LogP contribution in [0.25, 0.3) is 0 Å². The fraction of sp³-hybridized carbons (Fsp3) is 0.556. The van der Waals surface area contributed by atoms with Gasteiger partial charge in [-0.3, -0.25) is 9.48 Å². The minimum absolute atomic E-state index is 0.343. The van der Waals surface area contributed by atoms with Crippen LogP contribution in [0.15, 0.2) is 12.3 Å². The molecule has 1 amide bonds. The molecule has 0 radical (unpaired) electrons. The first-order valence-electron chi connectivity index (χ1n) is 4.79. The first-order chi connectivity index (χ1) is 6.75. The van der Waals surface area contributed by atoms with Gasteiger partial charge in [-0.2, -0.15) is 5.10 Å². The monoisotopic (exact) mass is 194 g/mol. The zero-order chi connectivity index (χ0) is 9.97. The van der Waals surface area contributed by atoms with Crippen LogP contribution in [0.1, 0.15) is 16.9 Å². The average molecular weight is 194 g/mol. The highest BCUT2D eigenvalue weighted by Crippen LogP contribution is 2.10. The van der Waals surface area contributed by atoms with Crippen molar-refractivity contribution in [3.05, 3.63) is 18.0 Å². The van der Waals surface area contributed by atoms with E-state index in [0.717, 1.165) is 19.6 Å². The molecule has 0 aliphatic carbocycles. The lowest BCUT2D eigenvalue weighted by molar-refractivity contribution is 0.0994. The van der Waals surface area contributed by atoms with Crippen molar-refractivity contribution in [2.45, 2.75) is 13.0 Å². The molecule has 0 bridgehead atoms. The summed E-state index contributed by atoms with van der Waals surface area (Å²) in [4.78, 5) is 10.8. The van der Waals surface area contributed by atoms with E-state index in [1.165, 1.54) is 6.42 Å². The van der Waals surface area contributed by atoms with Gasteiger partial charge in [-0.15, -0.1) is 0 Å². The molecule has 1 aromatic heterocycles. The second-order valence-electron chi connectivity index (χ2n) is 3.65. The Morgan fingerprint density at radius 2 is 2.64 bits per heavy atom. The van der Waals surface area contributed by atoms with Crippen LogP contribution in [0.4, 0.5) is 0 Å². The quantitative estimate of drug-likeness (QED) is 0.687. The largest absolute Gasteiger partial charge is 0.364 e. The van der Waals surface area contributed by atoms with Crippen LogP contribution < -0.4 is 11.1 Å². The van der Waals surface area contributed by atoms with Gasteiger partial charge in [0.2, 0.25) is 0 Å². The summed E-state index contributed by atoms with van der Waals surface area (Å²) in [6, 6.07) is 1.66. The molecule has 1 saturated heterocycles. The first-order valence-corrected chi connectivity index (χ1v) is 4.79. The van der Waals surface area contributed by atoms with E-state index in [2.05, 4.69) is 10.4 Å². The van der Waals surface area contributed by atoms with Crippen LogP contribution in [-0.2, 0) is 6.54 Å². The number of nitrogens with zero attached hydrogens (tertiary/aromatic N) is 2. The first kappa shape index (κ1) is 9.21. The molecule has 5 heteroatoms. The Labute approximate surface area is 82.3 Å². The second-order valence-corrected chi connectivity index (χ2v) is 3.65. The molecule has 1 aliphatic rings. The molecule has 5 nitrogen and oxygen atoms in total. The Morgan fingerprint density at radius 3 is 3.21 bits per heavy atom. The topological polar surface area (TPSA) is 72.9 Å². The number of primary amides is 1. The van der Waals surface area contributed by atoms with Gasteiger partial charge in [0.05, 0.1) is 0 Å². The third kappa shape index (κ3) is 1.93. The summed E-state index contributed by atoms with van der Waals surface area (Å²) in [5, 5.41) is 7.38. The molecule has 0 spiro atoms. The van der Waals surface area contributed by atoms with E-state index in [-0.39, 0.29) is 0 Å². The van der Waals surface area contributed by atoms with Crippen molar-refractivity contribution in [2.75, 3.05) is 13.1 Å². The molecule has 1 aliphatic heterocycles. The number of carbonyl (C=O) groups is 1. The Balaban J connectivity index is 1.98. The van der Waals surface area contributed by atoms with Gasteiger partial charge in [0.1, 0.15) is 5.69 Å². The van der Waals surface area contributed by atoms with E-state index in [9.17, 15) is 4.79 Å². The lowest BCUT2D eigenvalue weighted by atomic mass is 10.1. The molecule has 3 N–H and O–H groups in total. The maximum absolute atomic E-state index is 10.8. The minimum Gasteiger partial charge on any atom is -0.364 e. The number of amides is 1.